The fourth-order valence-corrected chi connectivity index (χ4v) is 3.70. The smallest absolute Gasteiger partial charge is 0.280 e. The van der Waals surface area contributed by atoms with Gasteiger partial charge < -0.3 is 9.47 Å². The van der Waals surface area contributed by atoms with E-state index in [1.807, 2.05) is 79.7 Å². The number of hydrogen-bond acceptors (Lipinski definition) is 4. The highest BCUT2D eigenvalue weighted by atomic mass is 16.5. The van der Waals surface area contributed by atoms with Crippen LogP contribution < -0.4 is 14.5 Å². The molecule has 3 aromatic carbocycles. The second-order valence-corrected chi connectivity index (χ2v) is 8.34. The van der Waals surface area contributed by atoms with E-state index < -0.39 is 0 Å². The van der Waals surface area contributed by atoms with Crippen molar-refractivity contribution >= 4 is 23.4 Å². The van der Waals surface area contributed by atoms with Gasteiger partial charge in [-0.3, -0.25) is 4.79 Å². The summed E-state index contributed by atoms with van der Waals surface area (Å²) in [7, 11) is 0. The number of hydrogen-bond donors (Lipinski definition) is 0. The average molecular weight is 455 g/mol. The third kappa shape index (κ3) is 5.54. The number of nitrogens with zero attached hydrogens (tertiary/aromatic N) is 2. The number of hydrazone groups is 1. The van der Waals surface area contributed by atoms with Gasteiger partial charge in [-0.05, 0) is 72.9 Å². The van der Waals surface area contributed by atoms with Gasteiger partial charge in [-0.15, -0.1) is 0 Å². The first-order valence-corrected chi connectivity index (χ1v) is 11.7. The van der Waals surface area contributed by atoms with Crippen molar-refractivity contribution in [3.05, 3.63) is 95.6 Å². The fraction of sp³-hybridized carbons (Fsp3) is 0.241. The molecule has 0 saturated heterocycles. The van der Waals surface area contributed by atoms with E-state index in [1.165, 1.54) is 10.6 Å². The third-order valence-electron chi connectivity index (χ3n) is 5.94. The summed E-state index contributed by atoms with van der Waals surface area (Å²) in [6.07, 6.45) is 2.99. The van der Waals surface area contributed by atoms with Crippen molar-refractivity contribution in [3.8, 4) is 11.5 Å². The number of amides is 1. The van der Waals surface area contributed by atoms with Gasteiger partial charge in [0.1, 0.15) is 24.7 Å². The number of carbonyl (C=O) groups excluding carboxylic acids is 1. The Bertz CT molecular complexity index is 1170. The standard InChI is InChI=1S/C29H30N2O3/c1-4-21(2)24-12-16-27(17-13-24)34-19-18-33-26-14-10-23(11-15-26)20-28-22(3)30-31(29(28)32)25-8-6-5-7-9-25/h5-17,20-21H,4,18-19H2,1-3H3/b28-20+/t21-/m1/s1. The molecule has 1 heterocycles. The van der Waals surface area contributed by atoms with Crippen LogP contribution in [0.2, 0.25) is 0 Å². The number of benzene rings is 3. The SMILES string of the molecule is CC[C@@H](C)c1ccc(OCCOc2ccc(/C=C3/C(=O)N(c4ccccc4)N=C3C)cc2)cc1. The molecule has 0 fully saturated rings. The van der Waals surface area contributed by atoms with E-state index in [2.05, 4.69) is 31.1 Å². The minimum absolute atomic E-state index is 0.127. The summed E-state index contributed by atoms with van der Waals surface area (Å²) >= 11 is 0. The van der Waals surface area contributed by atoms with Gasteiger partial charge in [0.05, 0.1) is 17.0 Å². The van der Waals surface area contributed by atoms with Crippen molar-refractivity contribution in [3.63, 3.8) is 0 Å². The Kier molecular flexibility index (Phi) is 7.43. The number of rotatable bonds is 9. The topological polar surface area (TPSA) is 51.1 Å². The first kappa shape index (κ1) is 23.3. The molecule has 0 bridgehead atoms. The number of para-hydroxylation sites is 1. The summed E-state index contributed by atoms with van der Waals surface area (Å²) in [6.45, 7) is 7.18. The molecule has 0 unspecified atom stereocenters. The summed E-state index contributed by atoms with van der Waals surface area (Å²) in [5.41, 5.74) is 4.29. The van der Waals surface area contributed by atoms with Crippen molar-refractivity contribution in [1.82, 2.24) is 0 Å². The fourth-order valence-electron chi connectivity index (χ4n) is 3.70. The molecule has 4 rings (SSSR count). The molecule has 0 radical (unpaired) electrons. The van der Waals surface area contributed by atoms with Crippen LogP contribution >= 0.6 is 0 Å². The minimum Gasteiger partial charge on any atom is -0.490 e. The maximum atomic E-state index is 12.9. The minimum atomic E-state index is -0.127. The second-order valence-electron chi connectivity index (χ2n) is 8.34. The van der Waals surface area contributed by atoms with E-state index in [-0.39, 0.29) is 5.91 Å². The summed E-state index contributed by atoms with van der Waals surface area (Å²) in [5.74, 6) is 2.03. The zero-order valence-electron chi connectivity index (χ0n) is 19.9. The predicted molar refractivity (Wildman–Crippen MR) is 138 cm³/mol. The van der Waals surface area contributed by atoms with Crippen LogP contribution in [0.1, 0.15) is 44.2 Å². The highest BCUT2D eigenvalue weighted by Gasteiger charge is 2.28. The van der Waals surface area contributed by atoms with Crippen LogP contribution in [0.25, 0.3) is 6.08 Å². The Morgan fingerprint density at radius 1 is 0.882 bits per heavy atom. The van der Waals surface area contributed by atoms with E-state index in [9.17, 15) is 4.79 Å². The average Bonchev–Trinajstić information content (AvgIpc) is 3.16. The maximum Gasteiger partial charge on any atom is 0.280 e. The Morgan fingerprint density at radius 3 is 2.06 bits per heavy atom. The molecule has 0 N–H and O–H groups in total. The third-order valence-corrected chi connectivity index (χ3v) is 5.94. The molecular weight excluding hydrogens is 424 g/mol. The highest BCUT2D eigenvalue weighted by molar-refractivity contribution is 6.32. The molecule has 0 spiro atoms. The van der Waals surface area contributed by atoms with Crippen LogP contribution in [0.4, 0.5) is 5.69 Å². The van der Waals surface area contributed by atoms with Gasteiger partial charge in [-0.25, -0.2) is 0 Å². The van der Waals surface area contributed by atoms with Gasteiger partial charge in [0.2, 0.25) is 0 Å². The van der Waals surface area contributed by atoms with E-state index in [0.29, 0.717) is 30.4 Å². The van der Waals surface area contributed by atoms with Crippen LogP contribution in [-0.4, -0.2) is 24.8 Å². The lowest BCUT2D eigenvalue weighted by molar-refractivity contribution is -0.114. The van der Waals surface area contributed by atoms with E-state index >= 15 is 0 Å². The Morgan fingerprint density at radius 2 is 1.47 bits per heavy atom. The normalized spacial score (nSPS) is 15.4. The quantitative estimate of drug-likeness (QED) is 0.275. The van der Waals surface area contributed by atoms with Crippen molar-refractivity contribution in [2.45, 2.75) is 33.1 Å². The number of anilines is 1. The molecule has 0 saturated carbocycles. The summed E-state index contributed by atoms with van der Waals surface area (Å²) < 4.78 is 11.6. The molecule has 0 aromatic heterocycles. The Balaban J connectivity index is 1.29. The van der Waals surface area contributed by atoms with Gasteiger partial charge in [-0.2, -0.15) is 10.1 Å². The van der Waals surface area contributed by atoms with Gasteiger partial charge in [0.15, 0.2) is 0 Å². The lowest BCUT2D eigenvalue weighted by Gasteiger charge is -2.11. The highest BCUT2D eigenvalue weighted by Crippen LogP contribution is 2.25. The molecule has 5 nitrogen and oxygen atoms in total. The van der Waals surface area contributed by atoms with Gasteiger partial charge in [0, 0.05) is 0 Å². The molecule has 1 aliphatic heterocycles. The monoisotopic (exact) mass is 454 g/mol. The summed E-state index contributed by atoms with van der Waals surface area (Å²) in [6, 6.07) is 25.4. The lowest BCUT2D eigenvalue weighted by Crippen LogP contribution is -2.21. The first-order chi connectivity index (χ1) is 16.5. The van der Waals surface area contributed by atoms with E-state index in [0.717, 1.165) is 29.2 Å². The number of carbonyl (C=O) groups is 1. The predicted octanol–water partition coefficient (Wildman–Crippen LogP) is 6.46. The summed E-state index contributed by atoms with van der Waals surface area (Å²) in [4.78, 5) is 12.9. The van der Waals surface area contributed by atoms with Gasteiger partial charge in [0.25, 0.3) is 5.91 Å². The maximum absolute atomic E-state index is 12.9. The van der Waals surface area contributed by atoms with Crippen LogP contribution in [0.15, 0.2) is 89.5 Å². The van der Waals surface area contributed by atoms with Crippen molar-refractivity contribution in [1.29, 1.82) is 0 Å². The Labute approximate surface area is 201 Å². The largest absolute Gasteiger partial charge is 0.490 e. The van der Waals surface area contributed by atoms with Crippen molar-refractivity contribution < 1.29 is 14.3 Å². The van der Waals surface area contributed by atoms with Crippen LogP contribution in [-0.2, 0) is 4.79 Å². The molecule has 5 heteroatoms. The first-order valence-electron chi connectivity index (χ1n) is 11.7. The van der Waals surface area contributed by atoms with Crippen molar-refractivity contribution in [2.24, 2.45) is 5.10 Å². The zero-order valence-corrected chi connectivity index (χ0v) is 19.9. The molecule has 0 aliphatic carbocycles. The number of ether oxygens (including phenoxy) is 2. The van der Waals surface area contributed by atoms with E-state index in [1.54, 1.807) is 0 Å². The molecule has 174 valence electrons. The Hall–Kier alpha value is -3.86. The van der Waals surface area contributed by atoms with Crippen molar-refractivity contribution in [2.75, 3.05) is 18.2 Å². The molecule has 34 heavy (non-hydrogen) atoms. The summed E-state index contributed by atoms with van der Waals surface area (Å²) in [5, 5.41) is 5.86. The molecule has 1 aliphatic rings. The van der Waals surface area contributed by atoms with Crippen LogP contribution in [0.5, 0.6) is 11.5 Å². The molecule has 3 aromatic rings. The zero-order chi connectivity index (χ0) is 23.9. The molecular formula is C29H30N2O3. The second kappa shape index (κ2) is 10.8. The van der Waals surface area contributed by atoms with Gasteiger partial charge in [-0.1, -0.05) is 56.3 Å². The molecule has 1 amide bonds. The molecule has 1 atom stereocenters. The van der Waals surface area contributed by atoms with Crippen LogP contribution in [0.3, 0.4) is 0 Å². The van der Waals surface area contributed by atoms with Gasteiger partial charge >= 0.3 is 0 Å². The van der Waals surface area contributed by atoms with Crippen LogP contribution in [0, 0.1) is 0 Å². The van der Waals surface area contributed by atoms with E-state index in [4.69, 9.17) is 9.47 Å². The lowest BCUT2D eigenvalue weighted by atomic mass is 9.99.